The summed E-state index contributed by atoms with van der Waals surface area (Å²) in [6, 6.07) is 2.65. The summed E-state index contributed by atoms with van der Waals surface area (Å²) in [6.45, 7) is 0.216. The number of thiocarbonyl (C=S) groups is 1. The Bertz CT molecular complexity index is 457. The topological polar surface area (TPSA) is 82.8 Å². The van der Waals surface area contributed by atoms with Crippen LogP contribution < -0.4 is 5.32 Å². The second-order valence-electron chi connectivity index (χ2n) is 3.60. The molecule has 0 bridgehead atoms. The molecule has 0 spiro atoms. The number of carbonyl (C=O) groups excluding carboxylic acids is 1. The number of carbonyl (C=O) groups is 2. The number of hydrogen-bond acceptors (Lipinski definition) is 4. The molecule has 7 heteroatoms. The summed E-state index contributed by atoms with van der Waals surface area (Å²) < 4.78 is 5.11. The van der Waals surface area contributed by atoms with Crippen molar-refractivity contribution in [1.29, 1.82) is 0 Å². The molecule has 2 heterocycles. The Morgan fingerprint density at radius 2 is 2.41 bits per heavy atom. The van der Waals surface area contributed by atoms with Crippen molar-refractivity contribution in [3.05, 3.63) is 24.2 Å². The molecule has 1 aliphatic rings. The fourth-order valence-corrected chi connectivity index (χ4v) is 1.89. The summed E-state index contributed by atoms with van der Waals surface area (Å²) in [4.78, 5) is 23.7. The van der Waals surface area contributed by atoms with Crippen LogP contribution in [0.1, 0.15) is 12.2 Å². The SMILES string of the molecule is O=C(O)CC1NC(=S)N(Cc2ccco2)C1=O. The van der Waals surface area contributed by atoms with E-state index in [9.17, 15) is 9.59 Å². The lowest BCUT2D eigenvalue weighted by molar-refractivity contribution is -0.140. The van der Waals surface area contributed by atoms with Gasteiger partial charge in [0.05, 0.1) is 19.2 Å². The summed E-state index contributed by atoms with van der Waals surface area (Å²) >= 11 is 4.98. The molecule has 0 saturated carbocycles. The van der Waals surface area contributed by atoms with E-state index in [4.69, 9.17) is 21.7 Å². The molecule has 1 saturated heterocycles. The van der Waals surface area contributed by atoms with Crippen molar-refractivity contribution in [3.63, 3.8) is 0 Å². The molecular formula is C10H10N2O4S. The van der Waals surface area contributed by atoms with Crippen LogP contribution in [0.3, 0.4) is 0 Å². The van der Waals surface area contributed by atoms with Gasteiger partial charge in [-0.1, -0.05) is 0 Å². The molecule has 0 aromatic carbocycles. The van der Waals surface area contributed by atoms with Gasteiger partial charge >= 0.3 is 5.97 Å². The molecule has 1 unspecified atom stereocenters. The fraction of sp³-hybridized carbons (Fsp3) is 0.300. The van der Waals surface area contributed by atoms with Crippen molar-refractivity contribution in [1.82, 2.24) is 10.2 Å². The van der Waals surface area contributed by atoms with E-state index in [1.165, 1.54) is 11.2 Å². The number of nitrogens with one attached hydrogen (secondary N) is 1. The number of carboxylic acid groups (broad SMARTS) is 1. The van der Waals surface area contributed by atoms with Gasteiger partial charge in [0.1, 0.15) is 11.8 Å². The molecule has 1 aromatic rings. The fourth-order valence-electron chi connectivity index (χ4n) is 1.60. The molecule has 1 amide bonds. The van der Waals surface area contributed by atoms with Crippen LogP contribution in [0.25, 0.3) is 0 Å². The van der Waals surface area contributed by atoms with Crippen LogP contribution in [-0.4, -0.2) is 33.0 Å². The quantitative estimate of drug-likeness (QED) is 0.754. The van der Waals surface area contributed by atoms with Gasteiger partial charge in [-0.3, -0.25) is 14.5 Å². The van der Waals surface area contributed by atoms with Crippen molar-refractivity contribution in [3.8, 4) is 0 Å². The summed E-state index contributed by atoms with van der Waals surface area (Å²) in [5.41, 5.74) is 0. The van der Waals surface area contributed by atoms with Crippen molar-refractivity contribution in [2.24, 2.45) is 0 Å². The average Bonchev–Trinajstić information content (AvgIpc) is 2.83. The van der Waals surface area contributed by atoms with Gasteiger partial charge in [-0.05, 0) is 24.4 Å². The molecule has 2 rings (SSSR count). The zero-order valence-electron chi connectivity index (χ0n) is 8.75. The smallest absolute Gasteiger partial charge is 0.305 e. The van der Waals surface area contributed by atoms with E-state index in [-0.39, 0.29) is 24.0 Å². The van der Waals surface area contributed by atoms with Crippen LogP contribution in [0.2, 0.25) is 0 Å². The molecule has 17 heavy (non-hydrogen) atoms. The van der Waals surface area contributed by atoms with Crippen LogP contribution in [0.5, 0.6) is 0 Å². The molecule has 6 nitrogen and oxygen atoms in total. The molecule has 90 valence electrons. The predicted molar refractivity (Wildman–Crippen MR) is 61.0 cm³/mol. The first-order valence-electron chi connectivity index (χ1n) is 4.94. The molecule has 2 N–H and O–H groups in total. The van der Waals surface area contributed by atoms with Gasteiger partial charge in [-0.2, -0.15) is 0 Å². The number of carboxylic acids is 1. The third kappa shape index (κ3) is 2.44. The first-order chi connectivity index (χ1) is 8.08. The van der Waals surface area contributed by atoms with E-state index in [1.54, 1.807) is 12.1 Å². The monoisotopic (exact) mass is 254 g/mol. The van der Waals surface area contributed by atoms with Crippen LogP contribution in [-0.2, 0) is 16.1 Å². The minimum absolute atomic E-state index is 0.216. The summed E-state index contributed by atoms with van der Waals surface area (Å²) in [5.74, 6) is -0.786. The molecule has 0 radical (unpaired) electrons. The third-order valence-electron chi connectivity index (χ3n) is 2.38. The van der Waals surface area contributed by atoms with Crippen molar-refractivity contribution >= 4 is 29.2 Å². The van der Waals surface area contributed by atoms with Gasteiger partial charge in [0, 0.05) is 0 Å². The largest absolute Gasteiger partial charge is 0.481 e. The average molecular weight is 254 g/mol. The van der Waals surface area contributed by atoms with Gasteiger partial charge in [-0.25, -0.2) is 0 Å². The number of hydrogen-bond donors (Lipinski definition) is 2. The lowest BCUT2D eigenvalue weighted by Crippen LogP contribution is -2.32. The van der Waals surface area contributed by atoms with E-state index in [1.807, 2.05) is 0 Å². The predicted octanol–water partition coefficient (Wildman–Crippen LogP) is 0.340. The molecule has 1 atom stereocenters. The van der Waals surface area contributed by atoms with E-state index in [0.717, 1.165) is 0 Å². The number of rotatable bonds is 4. The molecule has 0 aliphatic carbocycles. The second-order valence-corrected chi connectivity index (χ2v) is 3.99. The van der Waals surface area contributed by atoms with E-state index in [0.29, 0.717) is 5.76 Å². The molecular weight excluding hydrogens is 244 g/mol. The first kappa shape index (κ1) is 11.6. The van der Waals surface area contributed by atoms with Gasteiger partial charge in [0.2, 0.25) is 0 Å². The normalized spacial score (nSPS) is 19.5. The van der Waals surface area contributed by atoms with Crippen molar-refractivity contribution in [2.45, 2.75) is 19.0 Å². The summed E-state index contributed by atoms with van der Waals surface area (Å²) in [5, 5.41) is 11.6. The summed E-state index contributed by atoms with van der Waals surface area (Å²) in [7, 11) is 0. The zero-order valence-corrected chi connectivity index (χ0v) is 9.57. The van der Waals surface area contributed by atoms with Crippen LogP contribution >= 0.6 is 12.2 Å². The Morgan fingerprint density at radius 3 is 3.00 bits per heavy atom. The van der Waals surface area contributed by atoms with Crippen LogP contribution in [0.15, 0.2) is 22.8 Å². The first-order valence-corrected chi connectivity index (χ1v) is 5.35. The maximum absolute atomic E-state index is 11.8. The molecule has 1 aliphatic heterocycles. The minimum Gasteiger partial charge on any atom is -0.481 e. The minimum atomic E-state index is -1.04. The lowest BCUT2D eigenvalue weighted by atomic mass is 10.2. The number of nitrogens with zero attached hydrogens (tertiary/aromatic N) is 1. The van der Waals surface area contributed by atoms with Gasteiger partial charge in [0.15, 0.2) is 5.11 Å². The van der Waals surface area contributed by atoms with Crippen LogP contribution in [0, 0.1) is 0 Å². The second kappa shape index (κ2) is 4.54. The Hall–Kier alpha value is -1.89. The Kier molecular flexibility index (Phi) is 3.10. The number of aliphatic carboxylic acids is 1. The highest BCUT2D eigenvalue weighted by atomic mass is 32.1. The molecule has 1 fully saturated rings. The highest BCUT2D eigenvalue weighted by Crippen LogP contribution is 2.14. The zero-order chi connectivity index (χ0) is 12.4. The van der Waals surface area contributed by atoms with Crippen molar-refractivity contribution in [2.75, 3.05) is 0 Å². The number of furan rings is 1. The third-order valence-corrected chi connectivity index (χ3v) is 2.72. The van der Waals surface area contributed by atoms with Crippen LogP contribution in [0.4, 0.5) is 0 Å². The Labute approximate surface area is 102 Å². The van der Waals surface area contributed by atoms with Crippen molar-refractivity contribution < 1.29 is 19.1 Å². The van der Waals surface area contributed by atoms with Gasteiger partial charge in [-0.15, -0.1) is 0 Å². The van der Waals surface area contributed by atoms with Gasteiger partial charge in [0.25, 0.3) is 5.91 Å². The maximum Gasteiger partial charge on any atom is 0.305 e. The van der Waals surface area contributed by atoms with Gasteiger partial charge < -0.3 is 14.8 Å². The lowest BCUT2D eigenvalue weighted by Gasteiger charge is -2.12. The van der Waals surface area contributed by atoms with E-state index in [2.05, 4.69) is 5.32 Å². The standard InChI is InChI=1S/C10H10N2O4S/c13-8(14)4-7-9(15)12(10(17)11-7)5-6-2-1-3-16-6/h1-3,7H,4-5H2,(H,11,17)(H,13,14). The highest BCUT2D eigenvalue weighted by molar-refractivity contribution is 7.80. The van der Waals surface area contributed by atoms with E-state index < -0.39 is 12.0 Å². The number of amides is 1. The summed E-state index contributed by atoms with van der Waals surface area (Å²) in [6.07, 6.45) is 1.22. The Balaban J connectivity index is 2.06. The highest BCUT2D eigenvalue weighted by Gasteiger charge is 2.36. The maximum atomic E-state index is 11.8. The Morgan fingerprint density at radius 1 is 1.65 bits per heavy atom. The molecule has 1 aromatic heterocycles. The van der Waals surface area contributed by atoms with E-state index >= 15 is 0 Å².